The van der Waals surface area contributed by atoms with Crippen molar-refractivity contribution in [3.8, 4) is 11.4 Å². The van der Waals surface area contributed by atoms with E-state index in [1.807, 2.05) is 55.6 Å². The van der Waals surface area contributed by atoms with Gasteiger partial charge in [0.25, 0.3) is 0 Å². The molecule has 7 heteroatoms. The number of hydrogen-bond donors (Lipinski definition) is 1. The maximum absolute atomic E-state index is 6.37. The summed E-state index contributed by atoms with van der Waals surface area (Å²) in [4.78, 5) is 6.91. The van der Waals surface area contributed by atoms with Crippen molar-refractivity contribution in [1.29, 1.82) is 0 Å². The van der Waals surface area contributed by atoms with E-state index in [0.29, 0.717) is 16.7 Å². The topological polar surface area (TPSA) is 42.3 Å². The molecular formula is C29H29ClN4OS. The Hall–Kier alpha value is -3.35. The molecule has 2 unspecified atom stereocenters. The SMILES string of the molecule is CCOc1ccc(N2C(=S)NC(c3ccccn3)C2c2c(C)c(C)n(-c3cccc(Cl)c3)c2C)cc1. The number of hydrogen-bond acceptors (Lipinski definition) is 3. The molecule has 1 saturated heterocycles. The molecule has 4 aromatic rings. The van der Waals surface area contributed by atoms with Gasteiger partial charge in [0.15, 0.2) is 5.11 Å². The van der Waals surface area contributed by atoms with E-state index in [4.69, 9.17) is 33.5 Å². The lowest BCUT2D eigenvalue weighted by Crippen LogP contribution is -2.29. The van der Waals surface area contributed by atoms with Crippen molar-refractivity contribution >= 4 is 34.6 Å². The average Bonchev–Trinajstić information content (AvgIpc) is 3.32. The van der Waals surface area contributed by atoms with Crippen LogP contribution in [0.15, 0.2) is 72.9 Å². The Morgan fingerprint density at radius 2 is 1.75 bits per heavy atom. The first-order valence-corrected chi connectivity index (χ1v) is 12.9. The molecule has 1 fully saturated rings. The van der Waals surface area contributed by atoms with Gasteiger partial charge in [0.2, 0.25) is 0 Å². The Labute approximate surface area is 222 Å². The van der Waals surface area contributed by atoms with Crippen LogP contribution in [0, 0.1) is 20.8 Å². The molecule has 5 nitrogen and oxygen atoms in total. The van der Waals surface area contributed by atoms with Crippen LogP contribution in [-0.2, 0) is 0 Å². The van der Waals surface area contributed by atoms with Crippen LogP contribution < -0.4 is 15.0 Å². The summed E-state index contributed by atoms with van der Waals surface area (Å²) in [7, 11) is 0. The van der Waals surface area contributed by atoms with Crippen molar-refractivity contribution in [3.63, 3.8) is 0 Å². The molecule has 184 valence electrons. The van der Waals surface area contributed by atoms with Gasteiger partial charge in [0, 0.05) is 39.5 Å². The minimum Gasteiger partial charge on any atom is -0.494 e. The first kappa shape index (κ1) is 24.3. The molecule has 0 saturated carbocycles. The van der Waals surface area contributed by atoms with Crippen molar-refractivity contribution in [2.24, 2.45) is 0 Å². The highest BCUT2D eigenvalue weighted by Gasteiger charge is 2.43. The molecule has 2 aromatic carbocycles. The van der Waals surface area contributed by atoms with Gasteiger partial charge in [-0.05, 0) is 100 Å². The van der Waals surface area contributed by atoms with Gasteiger partial charge >= 0.3 is 0 Å². The normalized spacial score (nSPS) is 17.4. The number of nitrogens with one attached hydrogen (secondary N) is 1. The highest BCUT2D eigenvalue weighted by molar-refractivity contribution is 7.80. The molecule has 1 aliphatic heterocycles. The van der Waals surface area contributed by atoms with E-state index in [-0.39, 0.29) is 12.1 Å². The van der Waals surface area contributed by atoms with Crippen LogP contribution in [0.1, 0.15) is 47.2 Å². The summed E-state index contributed by atoms with van der Waals surface area (Å²) < 4.78 is 7.96. The number of halogens is 1. The number of nitrogens with zero attached hydrogens (tertiary/aromatic N) is 3. The summed E-state index contributed by atoms with van der Waals surface area (Å²) in [6, 6.07) is 21.9. The number of ether oxygens (including phenoxy) is 1. The molecular weight excluding hydrogens is 488 g/mol. The fourth-order valence-corrected chi connectivity index (χ4v) is 5.77. The van der Waals surface area contributed by atoms with Crippen molar-refractivity contribution in [3.05, 3.63) is 106 Å². The van der Waals surface area contributed by atoms with Crippen LogP contribution >= 0.6 is 23.8 Å². The maximum atomic E-state index is 6.37. The van der Waals surface area contributed by atoms with E-state index in [1.54, 1.807) is 0 Å². The van der Waals surface area contributed by atoms with Crippen LogP contribution in [0.4, 0.5) is 5.69 Å². The van der Waals surface area contributed by atoms with Crippen LogP contribution in [0.3, 0.4) is 0 Å². The lowest BCUT2D eigenvalue weighted by Gasteiger charge is -2.29. The highest BCUT2D eigenvalue weighted by Crippen LogP contribution is 2.45. The number of benzene rings is 2. The summed E-state index contributed by atoms with van der Waals surface area (Å²) in [5, 5.41) is 4.96. The summed E-state index contributed by atoms with van der Waals surface area (Å²) in [6.45, 7) is 9.13. The smallest absolute Gasteiger partial charge is 0.174 e. The van der Waals surface area contributed by atoms with E-state index in [2.05, 4.69) is 59.8 Å². The van der Waals surface area contributed by atoms with Crippen molar-refractivity contribution in [2.75, 3.05) is 11.5 Å². The minimum absolute atomic E-state index is 0.0931. The molecule has 1 N–H and O–H groups in total. The van der Waals surface area contributed by atoms with E-state index in [0.717, 1.165) is 28.5 Å². The largest absolute Gasteiger partial charge is 0.494 e. The van der Waals surface area contributed by atoms with E-state index < -0.39 is 0 Å². The van der Waals surface area contributed by atoms with Gasteiger partial charge < -0.3 is 19.5 Å². The molecule has 36 heavy (non-hydrogen) atoms. The number of aromatic nitrogens is 2. The monoisotopic (exact) mass is 516 g/mol. The predicted octanol–water partition coefficient (Wildman–Crippen LogP) is 7.03. The molecule has 0 aliphatic carbocycles. The number of anilines is 1. The first-order chi connectivity index (χ1) is 17.4. The fourth-order valence-electron chi connectivity index (χ4n) is 5.24. The third-order valence-corrected chi connectivity index (χ3v) is 7.44. The third-order valence-electron chi connectivity index (χ3n) is 6.89. The number of thiocarbonyl (C=S) groups is 1. The zero-order valence-electron chi connectivity index (χ0n) is 20.8. The van der Waals surface area contributed by atoms with E-state index >= 15 is 0 Å². The molecule has 0 radical (unpaired) electrons. The Bertz CT molecular complexity index is 1400. The highest BCUT2D eigenvalue weighted by atomic mass is 35.5. The zero-order chi connectivity index (χ0) is 25.4. The van der Waals surface area contributed by atoms with E-state index in [1.165, 1.54) is 16.8 Å². The summed E-state index contributed by atoms with van der Waals surface area (Å²) in [5.41, 5.74) is 7.78. The van der Waals surface area contributed by atoms with Gasteiger partial charge in [-0.25, -0.2) is 0 Å². The lowest BCUT2D eigenvalue weighted by molar-refractivity contribution is 0.340. The standard InChI is InChI=1S/C29H29ClN4OS/c1-5-35-24-14-12-22(13-15-24)34-28(27(32-29(34)36)25-11-6-7-16-31-25)26-18(2)19(3)33(20(26)4)23-10-8-9-21(30)17-23/h6-17,27-28H,5H2,1-4H3,(H,32,36). The van der Waals surface area contributed by atoms with Crippen LogP contribution in [0.25, 0.3) is 5.69 Å². The average molecular weight is 517 g/mol. The molecule has 2 atom stereocenters. The van der Waals surface area contributed by atoms with Gasteiger partial charge in [0.05, 0.1) is 24.4 Å². The molecule has 5 rings (SSSR count). The second-order valence-electron chi connectivity index (χ2n) is 8.95. The lowest BCUT2D eigenvalue weighted by atomic mass is 9.93. The molecule has 1 aliphatic rings. The second-order valence-corrected chi connectivity index (χ2v) is 9.77. The van der Waals surface area contributed by atoms with Crippen LogP contribution in [0.2, 0.25) is 5.02 Å². The van der Waals surface area contributed by atoms with Crippen molar-refractivity contribution < 1.29 is 4.74 Å². The summed E-state index contributed by atoms with van der Waals surface area (Å²) in [6.07, 6.45) is 1.83. The van der Waals surface area contributed by atoms with Gasteiger partial charge in [-0.1, -0.05) is 23.7 Å². The van der Waals surface area contributed by atoms with Crippen LogP contribution in [0.5, 0.6) is 5.75 Å². The molecule has 2 aromatic heterocycles. The molecule has 0 amide bonds. The Morgan fingerprint density at radius 1 is 0.972 bits per heavy atom. The van der Waals surface area contributed by atoms with Gasteiger partial charge in [-0.2, -0.15) is 0 Å². The van der Waals surface area contributed by atoms with E-state index in [9.17, 15) is 0 Å². The maximum Gasteiger partial charge on any atom is 0.174 e. The quantitative estimate of drug-likeness (QED) is 0.279. The zero-order valence-corrected chi connectivity index (χ0v) is 22.4. The number of rotatable bonds is 6. The summed E-state index contributed by atoms with van der Waals surface area (Å²) in [5.74, 6) is 0.840. The predicted molar refractivity (Wildman–Crippen MR) is 151 cm³/mol. The molecule has 3 heterocycles. The van der Waals surface area contributed by atoms with Gasteiger partial charge in [-0.15, -0.1) is 0 Å². The van der Waals surface area contributed by atoms with Crippen molar-refractivity contribution in [1.82, 2.24) is 14.9 Å². The Balaban J connectivity index is 1.69. The Kier molecular flexibility index (Phi) is 6.73. The van der Waals surface area contributed by atoms with Crippen LogP contribution in [-0.4, -0.2) is 21.3 Å². The fraction of sp³-hybridized carbons (Fsp3) is 0.241. The van der Waals surface area contributed by atoms with Gasteiger partial charge in [0.1, 0.15) is 5.75 Å². The van der Waals surface area contributed by atoms with Gasteiger partial charge in [-0.3, -0.25) is 4.98 Å². The molecule has 0 bridgehead atoms. The number of pyridine rings is 1. The second kappa shape index (κ2) is 9.96. The Morgan fingerprint density at radius 3 is 2.42 bits per heavy atom. The summed E-state index contributed by atoms with van der Waals surface area (Å²) >= 11 is 12.3. The first-order valence-electron chi connectivity index (χ1n) is 12.1. The van der Waals surface area contributed by atoms with Crippen molar-refractivity contribution in [2.45, 2.75) is 39.8 Å². The minimum atomic E-state index is -0.114. The third kappa shape index (κ3) is 4.25. The molecule has 0 spiro atoms.